The maximum Gasteiger partial charge on any atom is 0.275 e. The van der Waals surface area contributed by atoms with Gasteiger partial charge in [-0.15, -0.1) is 0 Å². The third-order valence-electron chi connectivity index (χ3n) is 2.52. The van der Waals surface area contributed by atoms with Gasteiger partial charge in [0.2, 0.25) is 0 Å². The smallest absolute Gasteiger partial charge is 0.275 e. The van der Waals surface area contributed by atoms with E-state index < -0.39 is 0 Å². The number of aromatic nitrogens is 3. The van der Waals surface area contributed by atoms with Crippen LogP contribution in [0.25, 0.3) is 0 Å². The number of amides is 1. The van der Waals surface area contributed by atoms with Gasteiger partial charge in [0.1, 0.15) is 11.5 Å². The second-order valence-corrected chi connectivity index (χ2v) is 4.64. The normalized spacial score (nSPS) is 10.4. The molecule has 0 unspecified atom stereocenters. The van der Waals surface area contributed by atoms with E-state index in [1.165, 1.54) is 0 Å². The summed E-state index contributed by atoms with van der Waals surface area (Å²) in [6, 6.07) is 5.40. The number of rotatable bonds is 3. The van der Waals surface area contributed by atoms with Gasteiger partial charge in [0.25, 0.3) is 5.91 Å². The second kappa shape index (κ2) is 5.30. The zero-order chi connectivity index (χ0) is 13.1. The SMILES string of the molecule is CCc1cc(C(=O)Nc2ncccc2Br)n(C)n1. The lowest BCUT2D eigenvalue weighted by molar-refractivity contribution is 0.101. The van der Waals surface area contributed by atoms with Crippen LogP contribution in [0.1, 0.15) is 23.1 Å². The van der Waals surface area contributed by atoms with E-state index in [1.54, 1.807) is 30.1 Å². The molecule has 6 heteroatoms. The van der Waals surface area contributed by atoms with Crippen LogP contribution in [0, 0.1) is 0 Å². The molecule has 0 aromatic carbocycles. The first-order valence-electron chi connectivity index (χ1n) is 5.56. The molecule has 2 aromatic heterocycles. The fourth-order valence-electron chi connectivity index (χ4n) is 1.56. The van der Waals surface area contributed by atoms with E-state index in [4.69, 9.17) is 0 Å². The number of nitrogens with zero attached hydrogens (tertiary/aromatic N) is 3. The Morgan fingerprint density at radius 3 is 2.94 bits per heavy atom. The predicted octanol–water partition coefficient (Wildman–Crippen LogP) is 2.39. The third kappa shape index (κ3) is 2.59. The molecule has 0 saturated carbocycles. The predicted molar refractivity (Wildman–Crippen MR) is 72.5 cm³/mol. The highest BCUT2D eigenvalue weighted by Crippen LogP contribution is 2.19. The summed E-state index contributed by atoms with van der Waals surface area (Å²) in [6.45, 7) is 2.00. The van der Waals surface area contributed by atoms with Gasteiger partial charge in [0, 0.05) is 13.2 Å². The van der Waals surface area contributed by atoms with Crippen molar-refractivity contribution in [3.05, 3.63) is 40.3 Å². The van der Waals surface area contributed by atoms with Crippen LogP contribution in [-0.2, 0) is 13.5 Å². The van der Waals surface area contributed by atoms with Gasteiger partial charge >= 0.3 is 0 Å². The molecule has 18 heavy (non-hydrogen) atoms. The standard InChI is InChI=1S/C12H13BrN4O/c1-3-8-7-10(17(2)16-8)12(18)15-11-9(13)5-4-6-14-11/h4-7H,3H2,1-2H3,(H,14,15,18). The van der Waals surface area contributed by atoms with Crippen LogP contribution < -0.4 is 5.32 Å². The quantitative estimate of drug-likeness (QED) is 0.947. The van der Waals surface area contributed by atoms with Gasteiger partial charge in [-0.2, -0.15) is 5.10 Å². The van der Waals surface area contributed by atoms with Gasteiger partial charge < -0.3 is 5.32 Å². The summed E-state index contributed by atoms with van der Waals surface area (Å²) in [5, 5.41) is 6.98. The molecular formula is C12H13BrN4O. The lowest BCUT2D eigenvalue weighted by Gasteiger charge is -2.05. The van der Waals surface area contributed by atoms with E-state index in [-0.39, 0.29) is 5.91 Å². The van der Waals surface area contributed by atoms with Gasteiger partial charge in [-0.05, 0) is 40.5 Å². The molecule has 1 N–H and O–H groups in total. The van der Waals surface area contributed by atoms with Gasteiger partial charge in [0.05, 0.1) is 10.2 Å². The summed E-state index contributed by atoms with van der Waals surface area (Å²) in [4.78, 5) is 16.2. The first-order chi connectivity index (χ1) is 8.61. The van der Waals surface area contributed by atoms with Crippen molar-refractivity contribution in [2.24, 2.45) is 7.05 Å². The minimum Gasteiger partial charge on any atom is -0.304 e. The van der Waals surface area contributed by atoms with Crippen molar-refractivity contribution in [3.8, 4) is 0 Å². The highest BCUT2D eigenvalue weighted by atomic mass is 79.9. The highest BCUT2D eigenvalue weighted by molar-refractivity contribution is 9.10. The van der Waals surface area contributed by atoms with E-state index in [0.717, 1.165) is 16.6 Å². The Labute approximate surface area is 113 Å². The number of carbonyl (C=O) groups is 1. The Balaban J connectivity index is 2.22. The molecule has 0 aliphatic rings. The Kier molecular flexibility index (Phi) is 3.76. The molecular weight excluding hydrogens is 296 g/mol. The van der Waals surface area contributed by atoms with Crippen molar-refractivity contribution < 1.29 is 4.79 Å². The molecule has 0 bridgehead atoms. The van der Waals surface area contributed by atoms with Gasteiger partial charge in [-0.3, -0.25) is 9.48 Å². The van der Waals surface area contributed by atoms with Crippen molar-refractivity contribution in [1.29, 1.82) is 0 Å². The minimum atomic E-state index is -0.218. The number of aryl methyl sites for hydroxylation is 2. The summed E-state index contributed by atoms with van der Waals surface area (Å²) in [5.41, 5.74) is 1.41. The van der Waals surface area contributed by atoms with E-state index in [0.29, 0.717) is 11.5 Å². The largest absolute Gasteiger partial charge is 0.304 e. The monoisotopic (exact) mass is 308 g/mol. The van der Waals surface area contributed by atoms with E-state index in [9.17, 15) is 4.79 Å². The third-order valence-corrected chi connectivity index (χ3v) is 3.16. The molecule has 0 spiro atoms. The Bertz CT molecular complexity index is 579. The molecule has 2 heterocycles. The summed E-state index contributed by atoms with van der Waals surface area (Å²) in [5.74, 6) is 0.283. The Morgan fingerprint density at radius 2 is 2.33 bits per heavy atom. The zero-order valence-corrected chi connectivity index (χ0v) is 11.7. The number of anilines is 1. The van der Waals surface area contributed by atoms with Crippen LogP contribution in [0.4, 0.5) is 5.82 Å². The van der Waals surface area contributed by atoms with Crippen molar-refractivity contribution in [3.63, 3.8) is 0 Å². The first kappa shape index (κ1) is 12.8. The Hall–Kier alpha value is -1.69. The number of carbonyl (C=O) groups excluding carboxylic acids is 1. The number of hydrogen-bond acceptors (Lipinski definition) is 3. The van der Waals surface area contributed by atoms with Crippen LogP contribution in [0.15, 0.2) is 28.9 Å². The van der Waals surface area contributed by atoms with Gasteiger partial charge in [0.15, 0.2) is 0 Å². The maximum absolute atomic E-state index is 12.1. The van der Waals surface area contributed by atoms with E-state index in [1.807, 2.05) is 13.0 Å². The average Bonchev–Trinajstić information content (AvgIpc) is 2.73. The average molecular weight is 309 g/mol. The van der Waals surface area contributed by atoms with Crippen LogP contribution in [0.5, 0.6) is 0 Å². The van der Waals surface area contributed by atoms with Crippen molar-refractivity contribution in [2.45, 2.75) is 13.3 Å². The van der Waals surface area contributed by atoms with Crippen LogP contribution in [-0.4, -0.2) is 20.7 Å². The minimum absolute atomic E-state index is 0.218. The number of hydrogen-bond donors (Lipinski definition) is 1. The fraction of sp³-hybridized carbons (Fsp3) is 0.250. The molecule has 94 valence electrons. The lowest BCUT2D eigenvalue weighted by Crippen LogP contribution is -2.17. The molecule has 0 aliphatic carbocycles. The molecule has 0 saturated heterocycles. The number of halogens is 1. The topological polar surface area (TPSA) is 59.8 Å². The second-order valence-electron chi connectivity index (χ2n) is 3.79. The lowest BCUT2D eigenvalue weighted by atomic mass is 10.3. The summed E-state index contributed by atoms with van der Waals surface area (Å²) >= 11 is 3.34. The highest BCUT2D eigenvalue weighted by Gasteiger charge is 2.14. The number of pyridine rings is 1. The van der Waals surface area contributed by atoms with Gasteiger partial charge in [-0.1, -0.05) is 6.92 Å². The molecule has 0 atom stereocenters. The molecule has 0 aliphatic heterocycles. The summed E-state index contributed by atoms with van der Waals surface area (Å²) in [7, 11) is 1.75. The van der Waals surface area contributed by atoms with Crippen LogP contribution in [0.2, 0.25) is 0 Å². The Morgan fingerprint density at radius 1 is 1.56 bits per heavy atom. The molecule has 1 amide bonds. The maximum atomic E-state index is 12.1. The zero-order valence-electron chi connectivity index (χ0n) is 10.1. The van der Waals surface area contributed by atoms with E-state index in [2.05, 4.69) is 31.3 Å². The summed E-state index contributed by atoms with van der Waals surface area (Å²) < 4.78 is 2.32. The summed E-state index contributed by atoms with van der Waals surface area (Å²) in [6.07, 6.45) is 2.43. The van der Waals surface area contributed by atoms with Crippen LogP contribution in [0.3, 0.4) is 0 Å². The van der Waals surface area contributed by atoms with Crippen LogP contribution >= 0.6 is 15.9 Å². The molecule has 2 rings (SSSR count). The molecule has 2 aromatic rings. The van der Waals surface area contributed by atoms with Crippen molar-refractivity contribution in [2.75, 3.05) is 5.32 Å². The molecule has 5 nitrogen and oxygen atoms in total. The van der Waals surface area contributed by atoms with E-state index >= 15 is 0 Å². The number of nitrogens with one attached hydrogen (secondary N) is 1. The first-order valence-corrected chi connectivity index (χ1v) is 6.36. The molecule has 0 radical (unpaired) electrons. The van der Waals surface area contributed by atoms with Crippen molar-refractivity contribution >= 4 is 27.7 Å². The van der Waals surface area contributed by atoms with Gasteiger partial charge in [-0.25, -0.2) is 4.98 Å². The fourth-order valence-corrected chi connectivity index (χ4v) is 1.92. The van der Waals surface area contributed by atoms with Crippen molar-refractivity contribution in [1.82, 2.24) is 14.8 Å². The molecule has 0 fully saturated rings.